The molecule has 2 aromatic carbocycles. The van der Waals surface area contributed by atoms with E-state index in [-0.39, 0.29) is 11.8 Å². The maximum absolute atomic E-state index is 12.9. The van der Waals surface area contributed by atoms with E-state index < -0.39 is 12.1 Å². The van der Waals surface area contributed by atoms with Crippen molar-refractivity contribution in [2.45, 2.75) is 26.3 Å². The summed E-state index contributed by atoms with van der Waals surface area (Å²) in [5, 5.41) is 17.7. The average Bonchev–Trinajstić information content (AvgIpc) is 3.26. The molecule has 9 heteroatoms. The molecule has 0 aliphatic carbocycles. The van der Waals surface area contributed by atoms with Crippen LogP contribution in [0.3, 0.4) is 0 Å². The number of nitrogens with zero attached hydrogens (tertiary/aromatic N) is 3. The molecule has 0 spiro atoms. The number of anilines is 3. The molecular weight excluding hydrogens is 424 g/mol. The summed E-state index contributed by atoms with van der Waals surface area (Å²) in [5.74, 6) is -0.393. The SMILES string of the molecule is CCC(C)C(NC(=O)Nc1ccccc1)C(=O)Nc1nnc(-c2ccc(N(C)C)cc2)s1. The molecule has 0 bridgehead atoms. The van der Waals surface area contributed by atoms with Crippen LogP contribution in [0.2, 0.25) is 0 Å². The first kappa shape index (κ1) is 23.2. The quantitative estimate of drug-likeness (QED) is 0.469. The van der Waals surface area contributed by atoms with E-state index in [2.05, 4.69) is 26.1 Å². The third-order valence-electron chi connectivity index (χ3n) is 5.10. The number of amides is 3. The van der Waals surface area contributed by atoms with Gasteiger partial charge in [0.1, 0.15) is 11.0 Å². The molecule has 0 aliphatic heterocycles. The lowest BCUT2D eigenvalue weighted by Crippen LogP contribution is -2.49. The second-order valence-electron chi connectivity index (χ2n) is 7.67. The van der Waals surface area contributed by atoms with Crippen molar-refractivity contribution >= 4 is 39.8 Å². The highest BCUT2D eigenvalue weighted by Gasteiger charge is 2.27. The number of carbonyl (C=O) groups is 2. The maximum Gasteiger partial charge on any atom is 0.319 e. The van der Waals surface area contributed by atoms with Crippen molar-refractivity contribution in [3.63, 3.8) is 0 Å². The van der Waals surface area contributed by atoms with Crippen molar-refractivity contribution in [3.05, 3.63) is 54.6 Å². The Bertz CT molecular complexity index is 1040. The number of benzene rings is 2. The van der Waals surface area contributed by atoms with Gasteiger partial charge in [0.2, 0.25) is 11.0 Å². The van der Waals surface area contributed by atoms with Gasteiger partial charge in [-0.15, -0.1) is 10.2 Å². The zero-order chi connectivity index (χ0) is 23.1. The summed E-state index contributed by atoms with van der Waals surface area (Å²) in [4.78, 5) is 27.4. The van der Waals surface area contributed by atoms with E-state index in [1.807, 2.05) is 75.3 Å². The summed E-state index contributed by atoms with van der Waals surface area (Å²) in [7, 11) is 3.96. The molecule has 8 nitrogen and oxygen atoms in total. The number of hydrogen-bond donors (Lipinski definition) is 3. The average molecular weight is 453 g/mol. The van der Waals surface area contributed by atoms with Crippen LogP contribution in [0.15, 0.2) is 54.6 Å². The molecule has 3 amide bonds. The zero-order valence-corrected chi connectivity index (χ0v) is 19.4. The van der Waals surface area contributed by atoms with Gasteiger partial charge in [-0.05, 0) is 42.3 Å². The second kappa shape index (κ2) is 10.7. The summed E-state index contributed by atoms with van der Waals surface area (Å²) >= 11 is 1.29. The van der Waals surface area contributed by atoms with E-state index in [0.29, 0.717) is 15.8 Å². The predicted molar refractivity (Wildman–Crippen MR) is 130 cm³/mol. The minimum Gasteiger partial charge on any atom is -0.378 e. The second-order valence-corrected chi connectivity index (χ2v) is 8.65. The number of urea groups is 1. The van der Waals surface area contributed by atoms with Crippen molar-refractivity contribution < 1.29 is 9.59 Å². The molecule has 2 atom stereocenters. The van der Waals surface area contributed by atoms with Crippen molar-refractivity contribution in [3.8, 4) is 10.6 Å². The fraction of sp³-hybridized carbons (Fsp3) is 0.304. The van der Waals surface area contributed by atoms with Crippen LogP contribution in [0.5, 0.6) is 0 Å². The van der Waals surface area contributed by atoms with Gasteiger partial charge in [-0.25, -0.2) is 4.79 Å². The molecular formula is C23H28N6O2S. The predicted octanol–water partition coefficient (Wildman–Crippen LogP) is 4.45. The summed E-state index contributed by atoms with van der Waals surface area (Å²) in [6, 6.07) is 15.9. The molecule has 3 aromatic rings. The Kier molecular flexibility index (Phi) is 7.77. The summed E-state index contributed by atoms with van der Waals surface area (Å²) in [6.45, 7) is 3.90. The molecule has 168 valence electrons. The third-order valence-corrected chi connectivity index (χ3v) is 5.99. The molecule has 1 aromatic heterocycles. The van der Waals surface area contributed by atoms with E-state index in [1.165, 1.54) is 11.3 Å². The Labute approximate surface area is 192 Å². The monoisotopic (exact) mass is 452 g/mol. The first-order chi connectivity index (χ1) is 15.4. The third kappa shape index (κ3) is 6.04. The van der Waals surface area contributed by atoms with Crippen molar-refractivity contribution in [2.75, 3.05) is 29.6 Å². The zero-order valence-electron chi connectivity index (χ0n) is 18.6. The Morgan fingerprint density at radius 3 is 2.31 bits per heavy atom. The van der Waals surface area contributed by atoms with Crippen LogP contribution in [0.1, 0.15) is 20.3 Å². The molecule has 0 aliphatic rings. The van der Waals surface area contributed by atoms with E-state index >= 15 is 0 Å². The van der Waals surface area contributed by atoms with Crippen LogP contribution < -0.4 is 20.9 Å². The fourth-order valence-corrected chi connectivity index (χ4v) is 3.76. The van der Waals surface area contributed by atoms with Crippen LogP contribution in [-0.4, -0.2) is 42.3 Å². The first-order valence-electron chi connectivity index (χ1n) is 10.4. The van der Waals surface area contributed by atoms with E-state index in [0.717, 1.165) is 17.7 Å². The number of hydrogen-bond acceptors (Lipinski definition) is 6. The van der Waals surface area contributed by atoms with Gasteiger partial charge in [-0.1, -0.05) is 49.8 Å². The Balaban J connectivity index is 1.66. The van der Waals surface area contributed by atoms with E-state index in [4.69, 9.17) is 0 Å². The molecule has 1 heterocycles. The smallest absolute Gasteiger partial charge is 0.319 e. The van der Waals surface area contributed by atoms with Crippen LogP contribution in [0.4, 0.5) is 21.3 Å². The lowest BCUT2D eigenvalue weighted by molar-refractivity contribution is -0.119. The highest BCUT2D eigenvalue weighted by Crippen LogP contribution is 2.28. The lowest BCUT2D eigenvalue weighted by Gasteiger charge is -2.23. The Morgan fingerprint density at radius 1 is 1.00 bits per heavy atom. The van der Waals surface area contributed by atoms with Crippen molar-refractivity contribution in [1.29, 1.82) is 0 Å². The number of carbonyl (C=O) groups excluding carboxylic acids is 2. The van der Waals surface area contributed by atoms with E-state index in [1.54, 1.807) is 12.1 Å². The molecule has 3 N–H and O–H groups in total. The number of aromatic nitrogens is 2. The van der Waals surface area contributed by atoms with Gasteiger partial charge in [0.15, 0.2) is 0 Å². The van der Waals surface area contributed by atoms with Crippen LogP contribution in [0.25, 0.3) is 10.6 Å². The summed E-state index contributed by atoms with van der Waals surface area (Å²) < 4.78 is 0. The van der Waals surface area contributed by atoms with Crippen LogP contribution in [0, 0.1) is 5.92 Å². The van der Waals surface area contributed by atoms with Crippen molar-refractivity contribution in [2.24, 2.45) is 5.92 Å². The molecule has 3 rings (SSSR count). The Morgan fingerprint density at radius 2 is 1.69 bits per heavy atom. The normalized spacial score (nSPS) is 12.5. The summed E-state index contributed by atoms with van der Waals surface area (Å²) in [5.41, 5.74) is 2.66. The van der Waals surface area contributed by atoms with Crippen LogP contribution >= 0.6 is 11.3 Å². The lowest BCUT2D eigenvalue weighted by atomic mass is 9.98. The highest BCUT2D eigenvalue weighted by atomic mass is 32.1. The molecule has 0 radical (unpaired) electrons. The number of nitrogens with one attached hydrogen (secondary N) is 3. The number of rotatable bonds is 8. The molecule has 2 unspecified atom stereocenters. The minimum atomic E-state index is -0.713. The van der Waals surface area contributed by atoms with Gasteiger partial charge in [0.05, 0.1) is 0 Å². The topological polar surface area (TPSA) is 99.2 Å². The van der Waals surface area contributed by atoms with Gasteiger partial charge < -0.3 is 15.5 Å². The number of para-hydroxylation sites is 1. The summed E-state index contributed by atoms with van der Waals surface area (Å²) in [6.07, 6.45) is 0.725. The van der Waals surface area contributed by atoms with Gasteiger partial charge in [-0.2, -0.15) is 0 Å². The van der Waals surface area contributed by atoms with Crippen molar-refractivity contribution in [1.82, 2.24) is 15.5 Å². The molecule has 0 saturated heterocycles. The Hall–Kier alpha value is -3.46. The van der Waals surface area contributed by atoms with Crippen LogP contribution in [-0.2, 0) is 4.79 Å². The van der Waals surface area contributed by atoms with Gasteiger partial charge in [-0.3, -0.25) is 10.1 Å². The first-order valence-corrected chi connectivity index (χ1v) is 11.2. The minimum absolute atomic E-state index is 0.0671. The van der Waals surface area contributed by atoms with Gasteiger partial charge >= 0.3 is 6.03 Å². The molecule has 32 heavy (non-hydrogen) atoms. The molecule has 0 fully saturated rings. The maximum atomic E-state index is 12.9. The van der Waals surface area contributed by atoms with E-state index in [9.17, 15) is 9.59 Å². The molecule has 0 saturated carbocycles. The largest absolute Gasteiger partial charge is 0.378 e. The highest BCUT2D eigenvalue weighted by molar-refractivity contribution is 7.18. The van der Waals surface area contributed by atoms with Gasteiger partial charge in [0, 0.05) is 31.0 Å². The van der Waals surface area contributed by atoms with Gasteiger partial charge in [0.25, 0.3) is 0 Å². The fourth-order valence-electron chi connectivity index (χ4n) is 3.01. The standard InChI is InChI=1S/C23H28N6O2S/c1-5-15(2)19(25-22(31)24-17-9-7-6-8-10-17)20(30)26-23-28-27-21(32-23)16-11-13-18(14-12-16)29(3)4/h6-15,19H,5H2,1-4H3,(H2,24,25,31)(H,26,28,30).